The van der Waals surface area contributed by atoms with Crippen LogP contribution in [-0.2, 0) is 17.8 Å². The van der Waals surface area contributed by atoms with Crippen LogP contribution in [0.25, 0.3) is 11.4 Å². The summed E-state index contributed by atoms with van der Waals surface area (Å²) in [6, 6.07) is 12.1. The molecule has 0 fully saturated rings. The van der Waals surface area contributed by atoms with E-state index in [1.165, 1.54) is 17.3 Å². The van der Waals surface area contributed by atoms with Gasteiger partial charge in [0.25, 0.3) is 0 Å². The summed E-state index contributed by atoms with van der Waals surface area (Å²) >= 11 is 1.43. The molecule has 1 aliphatic rings. The maximum Gasteiger partial charge on any atom is 0.240 e. The smallest absolute Gasteiger partial charge is 0.240 e. The van der Waals surface area contributed by atoms with Crippen LogP contribution >= 0.6 is 11.8 Å². The SMILES string of the molecule is C=CCn1c(S[C@@H](C)C(=O)N2c3ccccc3C[C@H]2C)nnc1-c1ccncc1. The number of carbonyl (C=O) groups is 1. The summed E-state index contributed by atoms with van der Waals surface area (Å²) in [5.74, 6) is 0.834. The van der Waals surface area contributed by atoms with E-state index in [9.17, 15) is 4.79 Å². The molecular formula is C22H23N5OS. The molecule has 0 bridgehead atoms. The molecule has 2 atom stereocenters. The van der Waals surface area contributed by atoms with E-state index < -0.39 is 0 Å². The summed E-state index contributed by atoms with van der Waals surface area (Å²) in [5.41, 5.74) is 3.17. The first-order valence-corrected chi connectivity index (χ1v) is 10.5. The zero-order valence-corrected chi connectivity index (χ0v) is 17.3. The molecule has 7 heteroatoms. The number of fused-ring (bicyclic) bond motifs is 1. The van der Waals surface area contributed by atoms with Crippen molar-refractivity contribution in [1.29, 1.82) is 0 Å². The Bertz CT molecular complexity index is 1030. The number of anilines is 1. The highest BCUT2D eigenvalue weighted by atomic mass is 32.2. The van der Waals surface area contributed by atoms with E-state index in [-0.39, 0.29) is 17.2 Å². The molecule has 1 amide bonds. The first-order valence-electron chi connectivity index (χ1n) is 9.62. The van der Waals surface area contributed by atoms with Gasteiger partial charge in [-0.1, -0.05) is 36.0 Å². The lowest BCUT2D eigenvalue weighted by molar-refractivity contribution is -0.118. The van der Waals surface area contributed by atoms with Crippen LogP contribution in [0.5, 0.6) is 0 Å². The van der Waals surface area contributed by atoms with E-state index in [4.69, 9.17) is 0 Å². The summed E-state index contributed by atoms with van der Waals surface area (Å²) in [6.07, 6.45) is 6.16. The fourth-order valence-electron chi connectivity index (χ4n) is 3.69. The van der Waals surface area contributed by atoms with Crippen LogP contribution in [0.1, 0.15) is 19.4 Å². The fraction of sp³-hybridized carbons (Fsp3) is 0.273. The van der Waals surface area contributed by atoms with Crippen molar-refractivity contribution >= 4 is 23.4 Å². The summed E-state index contributed by atoms with van der Waals surface area (Å²) in [7, 11) is 0. The van der Waals surface area contributed by atoms with Crippen LogP contribution in [0.3, 0.4) is 0 Å². The number of carbonyl (C=O) groups excluding carboxylic acids is 1. The van der Waals surface area contributed by atoms with Crippen molar-refractivity contribution in [3.05, 3.63) is 67.0 Å². The van der Waals surface area contributed by atoms with E-state index in [0.717, 1.165) is 23.5 Å². The van der Waals surface area contributed by atoms with Gasteiger partial charge < -0.3 is 4.90 Å². The number of nitrogens with zero attached hydrogens (tertiary/aromatic N) is 5. The first kappa shape index (κ1) is 19.4. The van der Waals surface area contributed by atoms with Crippen molar-refractivity contribution in [3.63, 3.8) is 0 Å². The molecule has 0 aliphatic carbocycles. The molecule has 0 N–H and O–H groups in total. The quantitative estimate of drug-likeness (QED) is 0.458. The lowest BCUT2D eigenvalue weighted by atomic mass is 10.1. The first-order chi connectivity index (χ1) is 14.1. The number of aromatic nitrogens is 4. The summed E-state index contributed by atoms with van der Waals surface area (Å²) < 4.78 is 1.98. The Kier molecular flexibility index (Phi) is 5.49. The number of rotatable bonds is 6. The Morgan fingerprint density at radius 1 is 1.28 bits per heavy atom. The third-order valence-electron chi connectivity index (χ3n) is 5.04. The highest BCUT2D eigenvalue weighted by Crippen LogP contribution is 2.35. The zero-order valence-electron chi connectivity index (χ0n) is 16.5. The molecule has 0 unspecified atom stereocenters. The van der Waals surface area contributed by atoms with Crippen LogP contribution in [0.4, 0.5) is 5.69 Å². The van der Waals surface area contributed by atoms with Crippen molar-refractivity contribution in [2.75, 3.05) is 4.90 Å². The van der Waals surface area contributed by atoms with E-state index in [1.807, 2.05) is 52.8 Å². The largest absolute Gasteiger partial charge is 0.308 e. The molecule has 1 aromatic carbocycles. The van der Waals surface area contributed by atoms with Crippen LogP contribution in [-0.4, -0.2) is 36.9 Å². The van der Waals surface area contributed by atoms with Gasteiger partial charge in [-0.3, -0.25) is 14.3 Å². The van der Waals surface area contributed by atoms with E-state index in [2.05, 4.69) is 34.8 Å². The van der Waals surface area contributed by atoms with Crippen molar-refractivity contribution < 1.29 is 4.79 Å². The van der Waals surface area contributed by atoms with Crippen molar-refractivity contribution in [1.82, 2.24) is 19.7 Å². The Hall–Kier alpha value is -2.93. The summed E-state index contributed by atoms with van der Waals surface area (Å²) in [4.78, 5) is 19.3. The number of pyridine rings is 1. The second kappa shape index (κ2) is 8.21. The normalized spacial score (nSPS) is 16.5. The van der Waals surface area contributed by atoms with Gasteiger partial charge in [0, 0.05) is 36.2 Å². The summed E-state index contributed by atoms with van der Waals surface area (Å²) in [6.45, 7) is 8.44. The van der Waals surface area contributed by atoms with Crippen LogP contribution in [0, 0.1) is 0 Å². The molecule has 3 aromatic rings. The number of amides is 1. The van der Waals surface area contributed by atoms with Gasteiger partial charge in [-0.15, -0.1) is 16.8 Å². The standard InChI is InChI=1S/C22H23N5OS/c1-4-13-26-20(17-9-11-23-12-10-17)24-25-22(26)29-16(3)21(28)27-15(2)14-18-7-5-6-8-19(18)27/h4-12,15-16H,1,13-14H2,2-3H3/t15-,16+/m1/s1. The van der Waals surface area contributed by atoms with Gasteiger partial charge in [-0.2, -0.15) is 0 Å². The van der Waals surface area contributed by atoms with E-state index in [0.29, 0.717) is 11.7 Å². The lowest BCUT2D eigenvalue weighted by Crippen LogP contribution is -2.40. The van der Waals surface area contributed by atoms with Crippen molar-refractivity contribution in [2.45, 2.75) is 43.3 Å². The molecule has 0 saturated heterocycles. The van der Waals surface area contributed by atoms with Gasteiger partial charge in [0.15, 0.2) is 11.0 Å². The number of para-hydroxylation sites is 1. The molecule has 0 spiro atoms. The molecule has 4 rings (SSSR count). The van der Waals surface area contributed by atoms with Crippen LogP contribution in [0.2, 0.25) is 0 Å². The van der Waals surface area contributed by atoms with E-state index >= 15 is 0 Å². The van der Waals surface area contributed by atoms with Gasteiger partial charge in [0.05, 0.1) is 5.25 Å². The minimum atomic E-state index is -0.290. The molecule has 0 radical (unpaired) electrons. The number of allylic oxidation sites excluding steroid dienone is 1. The molecule has 3 heterocycles. The molecule has 2 aromatic heterocycles. The predicted octanol–water partition coefficient (Wildman–Crippen LogP) is 3.98. The molecule has 1 aliphatic heterocycles. The Morgan fingerprint density at radius 2 is 2.03 bits per heavy atom. The topological polar surface area (TPSA) is 63.9 Å². The Labute approximate surface area is 174 Å². The van der Waals surface area contributed by atoms with Gasteiger partial charge in [-0.05, 0) is 44.0 Å². The van der Waals surface area contributed by atoms with Crippen LogP contribution < -0.4 is 4.90 Å². The minimum Gasteiger partial charge on any atom is -0.308 e. The minimum absolute atomic E-state index is 0.0889. The number of hydrogen-bond donors (Lipinski definition) is 0. The van der Waals surface area contributed by atoms with Gasteiger partial charge >= 0.3 is 0 Å². The van der Waals surface area contributed by atoms with Crippen molar-refractivity contribution in [3.8, 4) is 11.4 Å². The van der Waals surface area contributed by atoms with Gasteiger partial charge in [-0.25, -0.2) is 0 Å². The number of thioether (sulfide) groups is 1. The van der Waals surface area contributed by atoms with Gasteiger partial charge in [0.1, 0.15) is 0 Å². The summed E-state index contributed by atoms with van der Waals surface area (Å²) in [5, 5.41) is 9.13. The molecule has 6 nitrogen and oxygen atoms in total. The van der Waals surface area contributed by atoms with Crippen molar-refractivity contribution in [2.24, 2.45) is 0 Å². The fourth-order valence-corrected chi connectivity index (χ4v) is 4.60. The molecular weight excluding hydrogens is 382 g/mol. The maximum absolute atomic E-state index is 13.3. The third kappa shape index (κ3) is 3.70. The van der Waals surface area contributed by atoms with Gasteiger partial charge in [0.2, 0.25) is 5.91 Å². The Morgan fingerprint density at radius 3 is 2.79 bits per heavy atom. The third-order valence-corrected chi connectivity index (χ3v) is 6.11. The Balaban J connectivity index is 1.59. The number of hydrogen-bond acceptors (Lipinski definition) is 5. The monoisotopic (exact) mass is 405 g/mol. The van der Waals surface area contributed by atoms with E-state index in [1.54, 1.807) is 12.4 Å². The number of benzene rings is 1. The molecule has 29 heavy (non-hydrogen) atoms. The van der Waals surface area contributed by atoms with Crippen LogP contribution in [0.15, 0.2) is 66.6 Å². The highest BCUT2D eigenvalue weighted by Gasteiger charge is 2.34. The lowest BCUT2D eigenvalue weighted by Gasteiger charge is -2.25. The second-order valence-corrected chi connectivity index (χ2v) is 8.40. The predicted molar refractivity (Wildman–Crippen MR) is 116 cm³/mol. The second-order valence-electron chi connectivity index (χ2n) is 7.09. The average molecular weight is 406 g/mol. The zero-order chi connectivity index (χ0) is 20.4. The highest BCUT2D eigenvalue weighted by molar-refractivity contribution is 8.00. The average Bonchev–Trinajstić information content (AvgIpc) is 3.28. The maximum atomic E-state index is 13.3. The molecule has 0 saturated carbocycles. The molecule has 148 valence electrons.